The van der Waals surface area contributed by atoms with Gasteiger partial charge in [-0.3, -0.25) is 19.0 Å². The van der Waals surface area contributed by atoms with Crippen LogP contribution in [0.15, 0.2) is 58.1 Å². The molecule has 0 saturated carbocycles. The second-order valence-electron chi connectivity index (χ2n) is 8.24. The summed E-state index contributed by atoms with van der Waals surface area (Å²) in [5.74, 6) is -0.175. The molecule has 0 spiro atoms. The fourth-order valence-corrected chi connectivity index (χ4v) is 3.51. The predicted molar refractivity (Wildman–Crippen MR) is 115 cm³/mol. The van der Waals surface area contributed by atoms with Gasteiger partial charge in [-0.25, -0.2) is 0 Å². The maximum atomic E-state index is 12.5. The van der Waals surface area contributed by atoms with Gasteiger partial charge in [-0.15, -0.1) is 0 Å². The van der Waals surface area contributed by atoms with Crippen molar-refractivity contribution >= 4 is 16.9 Å². The molecule has 7 nitrogen and oxygen atoms in total. The van der Waals surface area contributed by atoms with Crippen molar-refractivity contribution in [2.45, 2.75) is 13.8 Å². The number of nitrogens with one attached hydrogen (secondary N) is 2. The van der Waals surface area contributed by atoms with Crippen molar-refractivity contribution in [1.29, 1.82) is 0 Å². The highest BCUT2D eigenvalue weighted by Gasteiger charge is 2.20. The van der Waals surface area contributed by atoms with Gasteiger partial charge in [0.1, 0.15) is 0 Å². The molecule has 0 aliphatic carbocycles. The molecule has 1 aromatic heterocycles. The summed E-state index contributed by atoms with van der Waals surface area (Å²) in [7, 11) is 4.01. The zero-order chi connectivity index (χ0) is 21.2. The molecule has 2 N–H and O–H groups in total. The van der Waals surface area contributed by atoms with Gasteiger partial charge in [0.15, 0.2) is 0 Å². The van der Waals surface area contributed by atoms with Crippen molar-refractivity contribution in [3.05, 3.63) is 74.8 Å². The van der Waals surface area contributed by atoms with E-state index in [-0.39, 0.29) is 11.3 Å². The zero-order valence-electron chi connectivity index (χ0n) is 17.2. The van der Waals surface area contributed by atoms with Crippen LogP contribution in [0, 0.1) is 5.41 Å². The average molecular weight is 394 g/mol. The summed E-state index contributed by atoms with van der Waals surface area (Å²) in [6, 6.07) is 13.8. The molecule has 2 aromatic carbocycles. The van der Waals surface area contributed by atoms with Crippen molar-refractivity contribution in [2.24, 2.45) is 5.41 Å². The van der Waals surface area contributed by atoms with Gasteiger partial charge in [0.05, 0.1) is 11.0 Å². The highest BCUT2D eigenvalue weighted by molar-refractivity contribution is 5.94. The number of H-pyrrole nitrogens is 1. The van der Waals surface area contributed by atoms with Crippen LogP contribution in [-0.2, 0) is 0 Å². The Labute approximate surface area is 169 Å². The maximum Gasteiger partial charge on any atom is 0.321 e. The molecule has 0 unspecified atom stereocenters. The van der Waals surface area contributed by atoms with Crippen LogP contribution in [0.4, 0.5) is 0 Å². The van der Waals surface area contributed by atoms with E-state index >= 15 is 0 Å². The first-order valence-corrected chi connectivity index (χ1v) is 9.45. The molecule has 0 bridgehead atoms. The van der Waals surface area contributed by atoms with Crippen molar-refractivity contribution in [1.82, 2.24) is 19.8 Å². The molecule has 3 rings (SSSR count). The lowest BCUT2D eigenvalue weighted by Gasteiger charge is -2.28. The van der Waals surface area contributed by atoms with Gasteiger partial charge in [-0.1, -0.05) is 26.0 Å². The van der Waals surface area contributed by atoms with E-state index in [0.29, 0.717) is 28.8 Å². The second-order valence-corrected chi connectivity index (χ2v) is 8.24. The van der Waals surface area contributed by atoms with E-state index in [0.717, 1.165) is 6.54 Å². The number of rotatable bonds is 6. The minimum atomic E-state index is -0.686. The molecule has 0 atom stereocenters. The van der Waals surface area contributed by atoms with Gasteiger partial charge in [0.25, 0.3) is 5.91 Å². The first-order chi connectivity index (χ1) is 13.7. The molecule has 29 heavy (non-hydrogen) atoms. The number of carbonyl (C=O) groups is 1. The smallest absolute Gasteiger partial charge is 0.321 e. The molecule has 1 amide bonds. The van der Waals surface area contributed by atoms with E-state index in [1.807, 2.05) is 14.1 Å². The van der Waals surface area contributed by atoms with Crippen LogP contribution in [0.3, 0.4) is 0 Å². The number of fused-ring (bicyclic) bond motifs is 1. The number of aromatic nitrogens is 2. The molecule has 0 radical (unpaired) electrons. The van der Waals surface area contributed by atoms with E-state index < -0.39 is 11.1 Å². The Kier molecular flexibility index (Phi) is 5.70. The molecule has 0 aliphatic rings. The maximum absolute atomic E-state index is 12.5. The summed E-state index contributed by atoms with van der Waals surface area (Å²) < 4.78 is 1.36. The number of nitrogens with zero attached hydrogens (tertiary/aromatic N) is 2. The first-order valence-electron chi connectivity index (χ1n) is 9.45. The highest BCUT2D eigenvalue weighted by atomic mass is 16.2. The third kappa shape index (κ3) is 4.63. The van der Waals surface area contributed by atoms with E-state index in [1.165, 1.54) is 4.57 Å². The van der Waals surface area contributed by atoms with Crippen molar-refractivity contribution in [3.63, 3.8) is 0 Å². The number of benzene rings is 2. The van der Waals surface area contributed by atoms with E-state index in [2.05, 4.69) is 29.0 Å². The molecular formula is C22H26N4O3. The highest BCUT2D eigenvalue weighted by Crippen LogP contribution is 2.16. The number of carbonyl (C=O) groups excluding carboxylic acids is 1. The minimum Gasteiger partial charge on any atom is -0.351 e. The summed E-state index contributed by atoms with van der Waals surface area (Å²) in [5.41, 5.74) is 0.788. The molecule has 3 aromatic rings. The van der Waals surface area contributed by atoms with E-state index in [4.69, 9.17) is 0 Å². The van der Waals surface area contributed by atoms with Gasteiger partial charge in [-0.05, 0) is 55.9 Å². The van der Waals surface area contributed by atoms with Gasteiger partial charge < -0.3 is 15.2 Å². The number of hydrogen-bond donors (Lipinski definition) is 2. The Morgan fingerprint density at radius 2 is 1.72 bits per heavy atom. The summed E-state index contributed by atoms with van der Waals surface area (Å²) in [5, 5.41) is 2.96. The van der Waals surface area contributed by atoms with E-state index in [1.54, 1.807) is 48.5 Å². The van der Waals surface area contributed by atoms with Crippen LogP contribution in [0.25, 0.3) is 16.7 Å². The summed E-state index contributed by atoms with van der Waals surface area (Å²) in [6.07, 6.45) is 0. The Hall–Kier alpha value is -3.19. The van der Waals surface area contributed by atoms with E-state index in [9.17, 15) is 14.4 Å². The fraction of sp³-hybridized carbons (Fsp3) is 0.318. The Balaban J connectivity index is 1.86. The molecule has 0 aliphatic heterocycles. The number of hydrogen-bond acceptors (Lipinski definition) is 4. The van der Waals surface area contributed by atoms with Gasteiger partial charge in [-0.2, -0.15) is 0 Å². The molecule has 7 heteroatoms. The second kappa shape index (κ2) is 8.05. The lowest BCUT2D eigenvalue weighted by atomic mass is 9.93. The Morgan fingerprint density at radius 3 is 2.38 bits per heavy atom. The van der Waals surface area contributed by atoms with Crippen molar-refractivity contribution in [3.8, 4) is 5.69 Å². The number of para-hydroxylation sites is 2. The molecular weight excluding hydrogens is 368 g/mol. The molecule has 0 saturated heterocycles. The topological polar surface area (TPSA) is 87.2 Å². The fourth-order valence-electron chi connectivity index (χ4n) is 3.51. The summed E-state index contributed by atoms with van der Waals surface area (Å²) in [6.45, 7) is 5.59. The first kappa shape index (κ1) is 20.5. The van der Waals surface area contributed by atoms with Crippen LogP contribution in [0.2, 0.25) is 0 Å². The lowest BCUT2D eigenvalue weighted by Crippen LogP contribution is -2.40. The van der Waals surface area contributed by atoms with Crippen LogP contribution in [0.1, 0.15) is 24.2 Å². The number of amides is 1. The predicted octanol–water partition coefficient (Wildman–Crippen LogP) is 2.00. The Bertz CT molecular complexity index is 1140. The van der Waals surface area contributed by atoms with Crippen LogP contribution >= 0.6 is 0 Å². The van der Waals surface area contributed by atoms with Crippen molar-refractivity contribution < 1.29 is 4.79 Å². The molecule has 152 valence electrons. The molecule has 0 fully saturated rings. The summed E-state index contributed by atoms with van der Waals surface area (Å²) in [4.78, 5) is 41.6. The van der Waals surface area contributed by atoms with Gasteiger partial charge >= 0.3 is 11.1 Å². The zero-order valence-corrected chi connectivity index (χ0v) is 17.2. The Morgan fingerprint density at radius 1 is 1.07 bits per heavy atom. The number of aromatic amines is 1. The van der Waals surface area contributed by atoms with Crippen molar-refractivity contribution in [2.75, 3.05) is 27.2 Å². The van der Waals surface area contributed by atoms with Crippen LogP contribution in [-0.4, -0.2) is 47.5 Å². The lowest BCUT2D eigenvalue weighted by molar-refractivity contribution is 0.0929. The average Bonchev–Trinajstić information content (AvgIpc) is 2.66. The molecule has 1 heterocycles. The van der Waals surface area contributed by atoms with Crippen LogP contribution < -0.4 is 16.4 Å². The van der Waals surface area contributed by atoms with Gasteiger partial charge in [0, 0.05) is 24.3 Å². The minimum absolute atomic E-state index is 0.0591. The third-order valence-corrected chi connectivity index (χ3v) is 4.65. The van der Waals surface area contributed by atoms with Gasteiger partial charge in [0.2, 0.25) is 0 Å². The largest absolute Gasteiger partial charge is 0.351 e. The van der Waals surface area contributed by atoms with Crippen LogP contribution in [0.5, 0.6) is 0 Å². The normalized spacial score (nSPS) is 11.8. The third-order valence-electron chi connectivity index (χ3n) is 4.65. The monoisotopic (exact) mass is 394 g/mol. The standard InChI is InChI=1S/C22H26N4O3/c1-22(2,14-25(3)4)13-23-19(27)15-9-11-16(12-10-15)26-18-8-6-5-7-17(18)24-20(28)21(26)29/h5-12H,13-14H2,1-4H3,(H,23,27)(H,24,28). The quantitative estimate of drug-likeness (QED) is 0.626. The summed E-state index contributed by atoms with van der Waals surface area (Å²) >= 11 is 0. The SMILES string of the molecule is CN(C)CC(C)(C)CNC(=O)c1ccc(-n2c(=O)c(=O)[nH]c3ccccc32)cc1.